The second-order valence-electron chi connectivity index (χ2n) is 9.37. The highest BCUT2D eigenvalue weighted by atomic mass is 19.1. The molecule has 1 aliphatic carbocycles. The molecule has 168 valence electrons. The zero-order valence-electron chi connectivity index (χ0n) is 18.4. The molecule has 1 saturated carbocycles. The van der Waals surface area contributed by atoms with Crippen LogP contribution in [0.5, 0.6) is 5.75 Å². The van der Waals surface area contributed by atoms with Gasteiger partial charge in [0.15, 0.2) is 5.65 Å². The van der Waals surface area contributed by atoms with Gasteiger partial charge in [0.05, 0.1) is 12.4 Å². The molecule has 4 bridgehead atoms. The number of likely N-dealkylation sites (N-methyl/N-ethyl adjacent to an activating group) is 1. The maximum atomic E-state index is 14.8. The highest BCUT2D eigenvalue weighted by molar-refractivity contribution is 5.78. The summed E-state index contributed by atoms with van der Waals surface area (Å²) in [4.78, 5) is 9.60. The maximum Gasteiger partial charge on any atom is 0.165 e. The Morgan fingerprint density at radius 1 is 1.12 bits per heavy atom. The van der Waals surface area contributed by atoms with E-state index in [2.05, 4.69) is 27.3 Å². The molecule has 2 aromatic heterocycles. The monoisotopic (exact) mass is 436 g/mol. The van der Waals surface area contributed by atoms with E-state index in [1.54, 1.807) is 22.8 Å². The number of nitrogens with zero attached hydrogens (tertiary/aromatic N) is 5. The Morgan fingerprint density at radius 3 is 2.97 bits per heavy atom. The summed E-state index contributed by atoms with van der Waals surface area (Å²) in [7, 11) is 2.07. The van der Waals surface area contributed by atoms with Gasteiger partial charge in [-0.1, -0.05) is 12.8 Å². The molecule has 7 nitrogen and oxygen atoms in total. The van der Waals surface area contributed by atoms with Gasteiger partial charge in [0.2, 0.25) is 0 Å². The summed E-state index contributed by atoms with van der Waals surface area (Å²) in [5.74, 6) is 2.81. The van der Waals surface area contributed by atoms with Crippen LogP contribution in [0.1, 0.15) is 25.7 Å². The van der Waals surface area contributed by atoms with Gasteiger partial charge in [-0.25, -0.2) is 13.9 Å². The predicted molar refractivity (Wildman–Crippen MR) is 121 cm³/mol. The molecule has 2 fully saturated rings. The van der Waals surface area contributed by atoms with Crippen molar-refractivity contribution in [3.8, 4) is 16.9 Å². The van der Waals surface area contributed by atoms with Crippen molar-refractivity contribution in [2.45, 2.75) is 31.8 Å². The fourth-order valence-corrected chi connectivity index (χ4v) is 5.66. The molecular weight excluding hydrogens is 407 g/mol. The van der Waals surface area contributed by atoms with Crippen LogP contribution in [0.2, 0.25) is 0 Å². The first kappa shape index (κ1) is 19.9. The first-order valence-corrected chi connectivity index (χ1v) is 11.6. The van der Waals surface area contributed by atoms with Crippen LogP contribution in [0.15, 0.2) is 36.7 Å². The summed E-state index contributed by atoms with van der Waals surface area (Å²) in [5.41, 5.74) is 1.76. The van der Waals surface area contributed by atoms with Gasteiger partial charge in [-0.2, -0.15) is 5.10 Å². The number of ether oxygens (including phenoxy) is 1. The fraction of sp³-hybridized carbons (Fsp3) is 0.500. The van der Waals surface area contributed by atoms with Crippen molar-refractivity contribution >= 4 is 11.5 Å². The standard InChI is InChI=1S/C24H29FN6O/c1-29-9-10-30-14-17-4-2-3-16(17)11-23(30)26-15-32-18-5-6-21(25)19(12-18)20-13-27-31-8-7-22(29)28-24(20)31/h5-8,12-13,16-17,23,26H,2-4,9-11,14-15H2,1H3. The Morgan fingerprint density at radius 2 is 2.03 bits per heavy atom. The zero-order valence-corrected chi connectivity index (χ0v) is 18.4. The third kappa shape index (κ3) is 3.51. The molecule has 4 heterocycles. The predicted octanol–water partition coefficient (Wildman–Crippen LogP) is 3.36. The van der Waals surface area contributed by atoms with Crippen LogP contribution in [0.3, 0.4) is 0 Å². The Kier molecular flexibility index (Phi) is 4.99. The summed E-state index contributed by atoms with van der Waals surface area (Å²) < 4.78 is 22.5. The average molecular weight is 437 g/mol. The van der Waals surface area contributed by atoms with Crippen LogP contribution < -0.4 is 15.0 Å². The van der Waals surface area contributed by atoms with Gasteiger partial charge < -0.3 is 9.64 Å². The van der Waals surface area contributed by atoms with Gasteiger partial charge in [-0.05, 0) is 48.9 Å². The van der Waals surface area contributed by atoms with Crippen molar-refractivity contribution in [1.29, 1.82) is 0 Å². The molecule has 3 atom stereocenters. The molecule has 2 aliphatic heterocycles. The number of aromatic nitrogens is 3. The molecule has 1 saturated heterocycles. The van der Waals surface area contributed by atoms with E-state index in [4.69, 9.17) is 9.72 Å². The Hall–Kier alpha value is -2.71. The number of piperidine rings is 1. The van der Waals surface area contributed by atoms with Gasteiger partial charge in [0, 0.05) is 44.0 Å². The Balaban J connectivity index is 1.38. The Labute approximate surface area is 187 Å². The lowest BCUT2D eigenvalue weighted by Gasteiger charge is -2.42. The lowest BCUT2D eigenvalue weighted by Crippen LogP contribution is -2.55. The number of hydrogen-bond acceptors (Lipinski definition) is 6. The van der Waals surface area contributed by atoms with E-state index in [-0.39, 0.29) is 5.82 Å². The lowest BCUT2D eigenvalue weighted by atomic mass is 9.87. The molecule has 3 aliphatic rings. The maximum absolute atomic E-state index is 14.8. The smallest absolute Gasteiger partial charge is 0.165 e. The van der Waals surface area contributed by atoms with Gasteiger partial charge >= 0.3 is 0 Å². The van der Waals surface area contributed by atoms with E-state index < -0.39 is 0 Å². The second kappa shape index (κ2) is 8.01. The van der Waals surface area contributed by atoms with E-state index in [9.17, 15) is 4.39 Å². The molecule has 8 heteroatoms. The average Bonchev–Trinajstić information content (AvgIpc) is 3.43. The van der Waals surface area contributed by atoms with Crippen molar-refractivity contribution < 1.29 is 9.13 Å². The lowest BCUT2D eigenvalue weighted by molar-refractivity contribution is 0.0456. The summed E-state index contributed by atoms with van der Waals surface area (Å²) in [6.07, 6.45) is 9.06. The first-order chi connectivity index (χ1) is 15.7. The van der Waals surface area contributed by atoms with E-state index in [0.717, 1.165) is 43.7 Å². The molecule has 0 radical (unpaired) electrons. The number of anilines is 1. The minimum absolute atomic E-state index is 0.294. The van der Waals surface area contributed by atoms with E-state index in [0.29, 0.717) is 35.4 Å². The molecule has 6 rings (SSSR count). The third-order valence-electron chi connectivity index (χ3n) is 7.51. The largest absolute Gasteiger partial charge is 0.478 e. The van der Waals surface area contributed by atoms with Crippen LogP contribution in [0.25, 0.3) is 16.8 Å². The minimum Gasteiger partial charge on any atom is -0.478 e. The summed E-state index contributed by atoms with van der Waals surface area (Å²) in [6.45, 7) is 3.36. The Bertz CT molecular complexity index is 1130. The third-order valence-corrected chi connectivity index (χ3v) is 7.51. The second-order valence-corrected chi connectivity index (χ2v) is 9.37. The highest BCUT2D eigenvalue weighted by Gasteiger charge is 2.37. The van der Waals surface area contributed by atoms with Gasteiger partial charge in [-0.3, -0.25) is 10.2 Å². The molecule has 3 unspecified atom stereocenters. The molecule has 1 aromatic carbocycles. The topological polar surface area (TPSA) is 57.9 Å². The number of halogens is 1. The van der Waals surface area contributed by atoms with Gasteiger partial charge in [-0.15, -0.1) is 0 Å². The summed E-state index contributed by atoms with van der Waals surface area (Å²) in [5, 5.41) is 8.00. The molecule has 0 spiro atoms. The van der Waals surface area contributed by atoms with Crippen molar-refractivity contribution in [1.82, 2.24) is 24.8 Å². The van der Waals surface area contributed by atoms with Crippen LogP contribution in [0.4, 0.5) is 10.2 Å². The fourth-order valence-electron chi connectivity index (χ4n) is 5.66. The van der Waals surface area contributed by atoms with Crippen LogP contribution >= 0.6 is 0 Å². The summed E-state index contributed by atoms with van der Waals surface area (Å²) in [6, 6.07) is 6.86. The number of rotatable bonds is 0. The van der Waals surface area contributed by atoms with Crippen molar-refractivity contribution in [2.24, 2.45) is 11.8 Å². The number of nitrogens with one attached hydrogen (secondary N) is 1. The molecule has 1 N–H and O–H groups in total. The minimum atomic E-state index is -0.309. The van der Waals surface area contributed by atoms with Crippen LogP contribution in [-0.2, 0) is 0 Å². The van der Waals surface area contributed by atoms with E-state index in [1.165, 1.54) is 25.3 Å². The number of benzene rings is 1. The SMILES string of the molecule is CN1CCN2CC3CCCC3CC2NCOc2ccc(F)c(c2)-c2cnn3ccc1nc23. The van der Waals surface area contributed by atoms with E-state index >= 15 is 0 Å². The quantitative estimate of drug-likeness (QED) is 0.583. The molecule has 32 heavy (non-hydrogen) atoms. The normalized spacial score (nSPS) is 26.3. The van der Waals surface area contributed by atoms with Crippen LogP contribution in [-0.4, -0.2) is 59.1 Å². The number of hydrogen-bond donors (Lipinski definition) is 1. The van der Waals surface area contributed by atoms with Crippen molar-refractivity contribution in [3.63, 3.8) is 0 Å². The van der Waals surface area contributed by atoms with E-state index in [1.807, 2.05) is 12.3 Å². The molecule has 0 amide bonds. The molecular formula is C24H29FN6O. The van der Waals surface area contributed by atoms with Crippen LogP contribution in [0, 0.1) is 17.7 Å². The van der Waals surface area contributed by atoms with Crippen molar-refractivity contribution in [3.05, 3.63) is 42.5 Å². The first-order valence-electron chi connectivity index (χ1n) is 11.6. The highest BCUT2D eigenvalue weighted by Crippen LogP contribution is 2.39. The number of fused-ring (bicyclic) bond motifs is 6. The summed E-state index contributed by atoms with van der Waals surface area (Å²) >= 11 is 0. The zero-order chi connectivity index (χ0) is 21.7. The van der Waals surface area contributed by atoms with Gasteiger partial charge in [0.25, 0.3) is 0 Å². The van der Waals surface area contributed by atoms with Gasteiger partial charge in [0.1, 0.15) is 24.1 Å². The molecule has 3 aromatic rings. The van der Waals surface area contributed by atoms with Crippen molar-refractivity contribution in [2.75, 3.05) is 38.3 Å².